The smallest absolute Gasteiger partial charge is 0.337 e. The van der Waals surface area contributed by atoms with Crippen molar-refractivity contribution in [3.63, 3.8) is 0 Å². The predicted molar refractivity (Wildman–Crippen MR) is 101 cm³/mol. The van der Waals surface area contributed by atoms with E-state index in [1.807, 2.05) is 36.4 Å². The number of nitrogens with one attached hydrogen (secondary N) is 1. The molecule has 2 aromatic carbocycles. The minimum absolute atomic E-state index is 0.0340. The van der Waals surface area contributed by atoms with Gasteiger partial charge in [-0.05, 0) is 36.1 Å². The fourth-order valence-electron chi connectivity index (χ4n) is 4.03. The Hall–Kier alpha value is -2.67. The van der Waals surface area contributed by atoms with Gasteiger partial charge in [0.25, 0.3) is 5.69 Å². The van der Waals surface area contributed by atoms with Crippen LogP contribution < -0.4 is 5.32 Å². The summed E-state index contributed by atoms with van der Waals surface area (Å²) in [4.78, 5) is 22.8. The molecule has 0 aromatic heterocycles. The van der Waals surface area contributed by atoms with Crippen LogP contribution in [0.4, 0.5) is 11.4 Å². The fourth-order valence-corrected chi connectivity index (χ4v) is 4.29. The Morgan fingerprint density at radius 3 is 2.62 bits per heavy atom. The van der Waals surface area contributed by atoms with Crippen molar-refractivity contribution in [2.75, 3.05) is 5.32 Å². The number of allylic oxidation sites excluding steroid dienone is 2. The highest BCUT2D eigenvalue weighted by molar-refractivity contribution is 9.10. The van der Waals surface area contributed by atoms with E-state index in [0.717, 1.165) is 16.5 Å². The summed E-state index contributed by atoms with van der Waals surface area (Å²) in [6.07, 6.45) is 4.77. The highest BCUT2D eigenvalue weighted by atomic mass is 79.9. The van der Waals surface area contributed by atoms with E-state index in [-0.39, 0.29) is 29.1 Å². The lowest BCUT2D eigenvalue weighted by atomic mass is 9.75. The average Bonchev–Trinajstić information content (AvgIpc) is 3.10. The molecule has 0 saturated carbocycles. The van der Waals surface area contributed by atoms with Crippen molar-refractivity contribution in [2.24, 2.45) is 5.92 Å². The topological polar surface area (TPSA) is 92.5 Å². The molecule has 0 spiro atoms. The summed E-state index contributed by atoms with van der Waals surface area (Å²) in [5.41, 5.74) is 1.88. The fraction of sp³-hybridized carbons (Fsp3) is 0.211. The Morgan fingerprint density at radius 2 is 1.96 bits per heavy atom. The van der Waals surface area contributed by atoms with Crippen LogP contribution in [0.5, 0.6) is 0 Å². The lowest BCUT2D eigenvalue weighted by Gasteiger charge is -2.37. The highest BCUT2D eigenvalue weighted by Crippen LogP contribution is 2.53. The van der Waals surface area contributed by atoms with Crippen LogP contribution in [-0.2, 0) is 0 Å². The second kappa shape index (κ2) is 6.25. The van der Waals surface area contributed by atoms with E-state index in [2.05, 4.69) is 21.2 Å². The maximum Gasteiger partial charge on any atom is 0.337 e. The molecule has 4 rings (SSSR count). The number of aromatic carboxylic acids is 1. The molecule has 0 bridgehead atoms. The molecule has 3 unspecified atom stereocenters. The Morgan fingerprint density at radius 1 is 1.23 bits per heavy atom. The molecule has 0 amide bonds. The lowest BCUT2D eigenvalue weighted by Crippen LogP contribution is -2.31. The number of nitro benzene ring substituents is 1. The van der Waals surface area contributed by atoms with Crippen LogP contribution >= 0.6 is 15.9 Å². The van der Waals surface area contributed by atoms with Crippen LogP contribution in [0, 0.1) is 16.0 Å². The van der Waals surface area contributed by atoms with Crippen molar-refractivity contribution in [2.45, 2.75) is 18.4 Å². The summed E-state index contributed by atoms with van der Waals surface area (Å²) >= 11 is 3.42. The third-order valence-corrected chi connectivity index (χ3v) is 5.68. The number of carbonyl (C=O) groups is 1. The number of halogens is 1. The number of benzene rings is 2. The third kappa shape index (κ3) is 2.59. The minimum Gasteiger partial charge on any atom is -0.478 e. The van der Waals surface area contributed by atoms with Gasteiger partial charge in [-0.15, -0.1) is 0 Å². The Balaban J connectivity index is 1.91. The molecule has 0 radical (unpaired) electrons. The van der Waals surface area contributed by atoms with Crippen molar-refractivity contribution in [1.82, 2.24) is 0 Å². The minimum atomic E-state index is -1.10. The standard InChI is InChI=1S/C19H15BrN2O4/c20-11-6-4-10(5-7-11)17-13-3-1-2-12(13)16-15(22(25)26)9-8-14(19(23)24)18(16)21-17/h1-2,4-9,12-13,17,21H,3H2,(H,23,24). The number of carboxylic acids is 1. The van der Waals surface area contributed by atoms with Crippen LogP contribution in [0.25, 0.3) is 0 Å². The number of hydrogen-bond donors (Lipinski definition) is 2. The van der Waals surface area contributed by atoms with Crippen molar-refractivity contribution in [3.8, 4) is 0 Å². The Kier molecular flexibility index (Phi) is 4.03. The summed E-state index contributed by atoms with van der Waals surface area (Å²) in [7, 11) is 0. The monoisotopic (exact) mass is 414 g/mol. The van der Waals surface area contributed by atoms with Crippen molar-refractivity contribution < 1.29 is 14.8 Å². The van der Waals surface area contributed by atoms with Crippen LogP contribution in [0.15, 0.2) is 53.0 Å². The first kappa shape index (κ1) is 16.8. The van der Waals surface area contributed by atoms with E-state index in [9.17, 15) is 20.0 Å². The third-order valence-electron chi connectivity index (χ3n) is 5.15. The molecule has 0 fully saturated rings. The van der Waals surface area contributed by atoms with Gasteiger partial charge in [0.1, 0.15) is 0 Å². The number of hydrogen-bond acceptors (Lipinski definition) is 4. The van der Waals surface area contributed by atoms with Crippen LogP contribution in [-0.4, -0.2) is 16.0 Å². The zero-order chi connectivity index (χ0) is 18.4. The molecule has 7 heteroatoms. The van der Waals surface area contributed by atoms with Crippen LogP contribution in [0.3, 0.4) is 0 Å². The lowest BCUT2D eigenvalue weighted by molar-refractivity contribution is -0.385. The van der Waals surface area contributed by atoms with Gasteiger partial charge in [-0.25, -0.2) is 4.79 Å². The van der Waals surface area contributed by atoms with Gasteiger partial charge in [-0.1, -0.05) is 40.2 Å². The molecule has 1 aliphatic heterocycles. The van der Waals surface area contributed by atoms with Gasteiger partial charge >= 0.3 is 5.97 Å². The molecule has 26 heavy (non-hydrogen) atoms. The molecular formula is C19H15BrN2O4. The first-order valence-corrected chi connectivity index (χ1v) is 9.00. The van der Waals surface area contributed by atoms with E-state index < -0.39 is 10.9 Å². The summed E-state index contributed by atoms with van der Waals surface area (Å²) in [6, 6.07) is 10.3. The molecule has 1 heterocycles. The number of carboxylic acid groups (broad SMARTS) is 1. The number of anilines is 1. The van der Waals surface area contributed by atoms with E-state index in [0.29, 0.717) is 11.3 Å². The molecule has 0 saturated heterocycles. The second-order valence-electron chi connectivity index (χ2n) is 6.51. The van der Waals surface area contributed by atoms with Gasteiger partial charge in [0, 0.05) is 16.5 Å². The van der Waals surface area contributed by atoms with Gasteiger partial charge in [-0.2, -0.15) is 0 Å². The van der Waals surface area contributed by atoms with Crippen molar-refractivity contribution in [3.05, 3.63) is 79.8 Å². The number of nitro groups is 1. The van der Waals surface area contributed by atoms with Gasteiger partial charge in [0.15, 0.2) is 0 Å². The normalized spacial score (nSPS) is 23.0. The molecule has 2 aromatic rings. The quantitative estimate of drug-likeness (QED) is 0.424. The van der Waals surface area contributed by atoms with Crippen LogP contribution in [0.1, 0.15) is 39.9 Å². The molecular weight excluding hydrogens is 400 g/mol. The molecule has 132 valence electrons. The molecule has 6 nitrogen and oxygen atoms in total. The SMILES string of the molecule is O=C(O)c1ccc([N+](=O)[O-])c2c1NC(c1ccc(Br)cc1)C1CC=CC21. The first-order valence-electron chi connectivity index (χ1n) is 8.20. The molecule has 3 atom stereocenters. The van der Waals surface area contributed by atoms with Gasteiger partial charge in [0.2, 0.25) is 0 Å². The summed E-state index contributed by atoms with van der Waals surface area (Å²) in [5, 5.41) is 24.4. The van der Waals surface area contributed by atoms with E-state index in [1.54, 1.807) is 0 Å². The maximum absolute atomic E-state index is 11.7. The number of rotatable bonds is 3. The summed E-state index contributed by atoms with van der Waals surface area (Å²) in [6.45, 7) is 0. The number of nitrogens with zero attached hydrogens (tertiary/aromatic N) is 1. The number of fused-ring (bicyclic) bond motifs is 3. The van der Waals surface area contributed by atoms with Gasteiger partial charge < -0.3 is 10.4 Å². The van der Waals surface area contributed by atoms with E-state index in [4.69, 9.17) is 0 Å². The molecule has 1 aliphatic carbocycles. The Labute approximate surface area is 157 Å². The zero-order valence-corrected chi connectivity index (χ0v) is 15.1. The Bertz CT molecular complexity index is 939. The zero-order valence-electron chi connectivity index (χ0n) is 13.6. The highest BCUT2D eigenvalue weighted by Gasteiger charge is 2.43. The van der Waals surface area contributed by atoms with Crippen LogP contribution in [0.2, 0.25) is 0 Å². The maximum atomic E-state index is 11.7. The van der Waals surface area contributed by atoms with E-state index >= 15 is 0 Å². The van der Waals surface area contributed by atoms with Gasteiger partial charge in [-0.3, -0.25) is 10.1 Å². The van der Waals surface area contributed by atoms with E-state index in [1.165, 1.54) is 12.1 Å². The first-order chi connectivity index (χ1) is 12.5. The second-order valence-corrected chi connectivity index (χ2v) is 7.43. The molecule has 2 N–H and O–H groups in total. The summed E-state index contributed by atoms with van der Waals surface area (Å²) in [5.74, 6) is -1.18. The van der Waals surface area contributed by atoms with Crippen molar-refractivity contribution >= 4 is 33.3 Å². The predicted octanol–water partition coefficient (Wildman–Crippen LogP) is 4.88. The van der Waals surface area contributed by atoms with Crippen molar-refractivity contribution in [1.29, 1.82) is 0 Å². The average molecular weight is 415 g/mol. The summed E-state index contributed by atoms with van der Waals surface area (Å²) < 4.78 is 0.959. The van der Waals surface area contributed by atoms with Gasteiger partial charge in [0.05, 0.1) is 27.8 Å². The molecule has 2 aliphatic rings. The largest absolute Gasteiger partial charge is 0.478 e.